The minimum atomic E-state index is -0.622. The molecule has 41 heavy (non-hydrogen) atoms. The molecule has 226 valence electrons. The van der Waals surface area contributed by atoms with E-state index in [0.29, 0.717) is 18.8 Å². The van der Waals surface area contributed by atoms with Crippen molar-refractivity contribution in [3.8, 4) is 6.07 Å². The van der Waals surface area contributed by atoms with E-state index in [9.17, 15) is 19.6 Å². The molecule has 8 atom stereocenters. The number of rotatable bonds is 2. The predicted molar refractivity (Wildman–Crippen MR) is 159 cm³/mol. The number of nitrogens with zero attached hydrogens (tertiary/aromatic N) is 1. The Hall–Kier alpha value is -1.96. The summed E-state index contributed by atoms with van der Waals surface area (Å²) in [6.07, 6.45) is 9.36. The van der Waals surface area contributed by atoms with Gasteiger partial charge >= 0.3 is 5.97 Å². The van der Waals surface area contributed by atoms with Crippen LogP contribution in [0.15, 0.2) is 11.6 Å². The third-order valence-corrected chi connectivity index (χ3v) is 13.7. The average Bonchev–Trinajstić information content (AvgIpc) is 2.86. The average molecular weight is 564 g/mol. The summed E-state index contributed by atoms with van der Waals surface area (Å²) in [5.74, 6) is 0.458. The third-order valence-electron chi connectivity index (χ3n) is 13.7. The molecule has 4 saturated carbocycles. The Morgan fingerprint density at radius 3 is 2.20 bits per heavy atom. The van der Waals surface area contributed by atoms with E-state index < -0.39 is 10.8 Å². The maximum Gasteiger partial charge on any atom is 0.311 e. The zero-order valence-electron chi connectivity index (χ0n) is 27.3. The Labute approximate surface area is 248 Å². The molecule has 0 aromatic heterocycles. The first-order valence-corrected chi connectivity index (χ1v) is 16.1. The first-order chi connectivity index (χ1) is 18.7. The number of carbonyl (C=O) groups is 3. The molecule has 0 bridgehead atoms. The van der Waals surface area contributed by atoms with E-state index in [-0.39, 0.29) is 68.1 Å². The largest absolute Gasteiger partial charge is 0.465 e. The minimum Gasteiger partial charge on any atom is -0.465 e. The van der Waals surface area contributed by atoms with Gasteiger partial charge in [-0.3, -0.25) is 14.4 Å². The van der Waals surface area contributed by atoms with Crippen LogP contribution < -0.4 is 0 Å². The van der Waals surface area contributed by atoms with E-state index in [0.717, 1.165) is 44.9 Å². The fourth-order valence-corrected chi connectivity index (χ4v) is 11.1. The maximum atomic E-state index is 14.7. The third kappa shape index (κ3) is 4.16. The molecule has 0 radical (unpaired) electrons. The zero-order valence-corrected chi connectivity index (χ0v) is 27.3. The van der Waals surface area contributed by atoms with Crippen molar-refractivity contribution in [2.45, 2.75) is 121 Å². The van der Waals surface area contributed by atoms with E-state index in [2.05, 4.69) is 40.7 Å². The van der Waals surface area contributed by atoms with Crippen molar-refractivity contribution in [1.82, 2.24) is 0 Å². The van der Waals surface area contributed by atoms with E-state index >= 15 is 0 Å². The Kier molecular flexibility index (Phi) is 6.71. The number of nitriles is 1. The summed E-state index contributed by atoms with van der Waals surface area (Å²) < 4.78 is 6.08. The molecular formula is C36H53NO4. The van der Waals surface area contributed by atoms with Crippen LogP contribution in [0.5, 0.6) is 0 Å². The summed E-state index contributed by atoms with van der Waals surface area (Å²) in [6, 6.07) is 2.22. The number of allylic oxidation sites excluding steroid dienone is 2. The molecule has 0 N–H and O–H groups in total. The van der Waals surface area contributed by atoms with Crippen LogP contribution in [0.2, 0.25) is 0 Å². The predicted octanol–water partition coefficient (Wildman–Crippen LogP) is 7.88. The monoisotopic (exact) mass is 563 g/mol. The lowest BCUT2D eigenvalue weighted by molar-refractivity contribution is -0.228. The lowest BCUT2D eigenvalue weighted by atomic mass is 9.31. The van der Waals surface area contributed by atoms with Gasteiger partial charge in [0, 0.05) is 23.2 Å². The first kappa shape index (κ1) is 30.5. The molecule has 4 fully saturated rings. The van der Waals surface area contributed by atoms with Crippen LogP contribution in [-0.4, -0.2) is 24.1 Å². The molecule has 0 aliphatic heterocycles. The lowest BCUT2D eigenvalue weighted by Gasteiger charge is -2.72. The number of hydrogen-bond donors (Lipinski definition) is 0. The molecule has 0 heterocycles. The van der Waals surface area contributed by atoms with Gasteiger partial charge in [-0.05, 0) is 105 Å². The fourth-order valence-electron chi connectivity index (χ4n) is 11.1. The molecule has 0 aromatic carbocycles. The van der Waals surface area contributed by atoms with Crippen molar-refractivity contribution in [3.63, 3.8) is 0 Å². The van der Waals surface area contributed by atoms with Crippen LogP contribution in [0, 0.1) is 72.9 Å². The Balaban J connectivity index is 1.57. The standard InChI is InChI=1S/C36H53NO4/c1-30(2,3)29(40)41-21-36-15-13-31(4,5)19-23(36)27-24(38)17-26-33(8)18-22(20-37)28(39)32(6,7)25(33)11-12-34(26,9)35(27,10)14-16-36/h18,23,25-27H,11-17,19,21H2,1-10H3/t23-,25-,26+,27-,33-,34+,35+,36+/m0/s1. The summed E-state index contributed by atoms with van der Waals surface area (Å²) >= 11 is 0. The van der Waals surface area contributed by atoms with Crippen LogP contribution in [-0.2, 0) is 19.1 Å². The van der Waals surface area contributed by atoms with E-state index in [4.69, 9.17) is 4.74 Å². The van der Waals surface area contributed by atoms with Crippen molar-refractivity contribution in [3.05, 3.63) is 11.6 Å². The van der Waals surface area contributed by atoms with Gasteiger partial charge in [-0.2, -0.15) is 5.26 Å². The lowest BCUT2D eigenvalue weighted by Crippen LogP contribution is -2.69. The van der Waals surface area contributed by atoms with Gasteiger partial charge in [0.15, 0.2) is 5.78 Å². The number of hydrogen-bond acceptors (Lipinski definition) is 5. The molecule has 0 amide bonds. The number of ether oxygens (including phenoxy) is 1. The molecule has 0 aromatic rings. The van der Waals surface area contributed by atoms with Crippen LogP contribution >= 0.6 is 0 Å². The topological polar surface area (TPSA) is 84.2 Å². The van der Waals surface area contributed by atoms with Gasteiger partial charge in [0.2, 0.25) is 0 Å². The minimum absolute atomic E-state index is 0.0472. The van der Waals surface area contributed by atoms with Gasteiger partial charge in [0.1, 0.15) is 11.9 Å². The Morgan fingerprint density at radius 2 is 1.59 bits per heavy atom. The van der Waals surface area contributed by atoms with Crippen LogP contribution in [0.4, 0.5) is 0 Å². The maximum absolute atomic E-state index is 14.7. The Bertz CT molecular complexity index is 1240. The quantitative estimate of drug-likeness (QED) is 0.319. The highest BCUT2D eigenvalue weighted by atomic mass is 16.5. The molecule has 0 unspecified atom stereocenters. The number of esters is 1. The molecule has 5 aliphatic rings. The molecule has 5 rings (SSSR count). The number of ketones is 2. The van der Waals surface area contributed by atoms with Crippen LogP contribution in [0.1, 0.15) is 121 Å². The highest BCUT2D eigenvalue weighted by Gasteiger charge is 2.72. The van der Waals surface area contributed by atoms with Gasteiger partial charge in [0.25, 0.3) is 0 Å². The molecule has 5 heteroatoms. The van der Waals surface area contributed by atoms with Gasteiger partial charge < -0.3 is 4.74 Å². The van der Waals surface area contributed by atoms with E-state index in [1.807, 2.05) is 40.7 Å². The van der Waals surface area contributed by atoms with Gasteiger partial charge in [-0.1, -0.05) is 54.5 Å². The number of carbonyl (C=O) groups excluding carboxylic acids is 3. The highest BCUT2D eigenvalue weighted by Crippen LogP contribution is 2.75. The van der Waals surface area contributed by atoms with Gasteiger partial charge in [-0.15, -0.1) is 0 Å². The second-order valence-electron chi connectivity index (χ2n) is 17.9. The van der Waals surface area contributed by atoms with E-state index in [1.54, 1.807) is 0 Å². The van der Waals surface area contributed by atoms with Gasteiger partial charge in [-0.25, -0.2) is 0 Å². The second kappa shape index (κ2) is 9.03. The highest BCUT2D eigenvalue weighted by molar-refractivity contribution is 6.04. The molecule has 5 nitrogen and oxygen atoms in total. The van der Waals surface area contributed by atoms with Gasteiger partial charge in [0.05, 0.1) is 17.6 Å². The zero-order chi connectivity index (χ0) is 30.6. The SMILES string of the molecule is CC1(C)CC[C@]2(COC(=O)C(C)(C)C)CC[C@]3(C)[C@H](C(=O)C[C@@H]4[C@@]5(C)C=C(C#N)C(=O)C(C)(C)[C@@H]5CC[C@]43C)[C@@H]2C1. The number of Topliss-reactive ketones (excluding diaryl/α,β-unsaturated/α-hetero) is 2. The number of fused-ring (bicyclic) bond motifs is 7. The van der Waals surface area contributed by atoms with Crippen molar-refractivity contribution >= 4 is 17.5 Å². The van der Waals surface area contributed by atoms with Crippen molar-refractivity contribution in [1.29, 1.82) is 5.26 Å². The van der Waals surface area contributed by atoms with Crippen molar-refractivity contribution in [2.24, 2.45) is 61.6 Å². The summed E-state index contributed by atoms with van der Waals surface area (Å²) in [6.45, 7) is 21.9. The summed E-state index contributed by atoms with van der Waals surface area (Å²) in [5.41, 5.74) is -1.60. The Morgan fingerprint density at radius 1 is 0.951 bits per heavy atom. The molecule has 0 spiro atoms. The second-order valence-corrected chi connectivity index (χ2v) is 17.9. The van der Waals surface area contributed by atoms with E-state index in [1.165, 1.54) is 0 Å². The van der Waals surface area contributed by atoms with Crippen molar-refractivity contribution in [2.75, 3.05) is 6.61 Å². The molecule has 5 aliphatic carbocycles. The van der Waals surface area contributed by atoms with Crippen LogP contribution in [0.25, 0.3) is 0 Å². The van der Waals surface area contributed by atoms with Crippen LogP contribution in [0.3, 0.4) is 0 Å². The fraction of sp³-hybridized carbons (Fsp3) is 0.833. The van der Waals surface area contributed by atoms with Crippen molar-refractivity contribution < 1.29 is 19.1 Å². The molecule has 0 saturated heterocycles. The summed E-state index contributed by atoms with van der Waals surface area (Å²) in [7, 11) is 0. The first-order valence-electron chi connectivity index (χ1n) is 16.1. The summed E-state index contributed by atoms with van der Waals surface area (Å²) in [5, 5.41) is 9.95. The smallest absolute Gasteiger partial charge is 0.311 e. The molecular weight excluding hydrogens is 510 g/mol. The normalized spacial score (nSPS) is 44.8. The summed E-state index contributed by atoms with van der Waals surface area (Å²) in [4.78, 5) is 40.9.